The summed E-state index contributed by atoms with van der Waals surface area (Å²) in [5.74, 6) is 1.28. The van der Waals surface area contributed by atoms with Gasteiger partial charge in [-0.15, -0.1) is 0 Å². The van der Waals surface area contributed by atoms with Crippen LogP contribution in [0.15, 0.2) is 18.2 Å². The average Bonchev–Trinajstić information content (AvgIpc) is 2.84. The van der Waals surface area contributed by atoms with Crippen molar-refractivity contribution < 1.29 is 0 Å². The predicted molar refractivity (Wildman–Crippen MR) is 78.5 cm³/mol. The second-order valence-electron chi connectivity index (χ2n) is 4.39. The number of hydrogen-bond acceptors (Lipinski definition) is 2. The van der Waals surface area contributed by atoms with E-state index in [0.29, 0.717) is 11.3 Å². The lowest BCUT2D eigenvalue weighted by molar-refractivity contribution is 0.524. The summed E-state index contributed by atoms with van der Waals surface area (Å²) in [6.07, 6.45) is 3.58. The van der Waals surface area contributed by atoms with Crippen LogP contribution in [0.4, 0.5) is 0 Å². The van der Waals surface area contributed by atoms with Gasteiger partial charge in [-0.3, -0.25) is 0 Å². The fraction of sp³-hybridized carbons (Fsp3) is 0.538. The minimum Gasteiger partial charge on any atom is -0.316 e. The Morgan fingerprint density at radius 1 is 1.47 bits per heavy atom. The summed E-state index contributed by atoms with van der Waals surface area (Å²) in [6, 6.07) is 6.19. The fourth-order valence-corrected chi connectivity index (χ4v) is 4.10. The highest BCUT2D eigenvalue weighted by molar-refractivity contribution is 8.00. The minimum atomic E-state index is 0.485. The van der Waals surface area contributed by atoms with E-state index >= 15 is 0 Å². The molecule has 94 valence electrons. The molecule has 0 bridgehead atoms. The molecule has 0 aliphatic carbocycles. The van der Waals surface area contributed by atoms with E-state index in [0.717, 1.165) is 22.0 Å². The Labute approximate surface area is 117 Å². The first kappa shape index (κ1) is 13.5. The largest absolute Gasteiger partial charge is 0.316 e. The van der Waals surface area contributed by atoms with Crippen LogP contribution >= 0.6 is 35.0 Å². The second kappa shape index (κ2) is 6.33. The first-order chi connectivity index (χ1) is 8.20. The van der Waals surface area contributed by atoms with E-state index in [1.165, 1.54) is 18.6 Å². The Kier molecular flexibility index (Phi) is 5.04. The van der Waals surface area contributed by atoms with E-state index in [-0.39, 0.29) is 0 Å². The van der Waals surface area contributed by atoms with Gasteiger partial charge >= 0.3 is 0 Å². The molecule has 0 aromatic heterocycles. The minimum absolute atomic E-state index is 0.485. The lowest BCUT2D eigenvalue weighted by atomic mass is 10.0. The normalized spacial score (nSPS) is 21.7. The van der Waals surface area contributed by atoms with E-state index in [4.69, 9.17) is 23.2 Å². The number of hydrogen-bond donors (Lipinski definition) is 1. The maximum absolute atomic E-state index is 6.21. The molecule has 1 N–H and O–H groups in total. The summed E-state index contributed by atoms with van der Waals surface area (Å²) in [5.41, 5.74) is 1.14. The number of thioether (sulfide) groups is 1. The van der Waals surface area contributed by atoms with Crippen molar-refractivity contribution in [1.29, 1.82) is 0 Å². The van der Waals surface area contributed by atoms with Crippen molar-refractivity contribution in [3.63, 3.8) is 0 Å². The van der Waals surface area contributed by atoms with Crippen LogP contribution < -0.4 is 5.32 Å². The quantitative estimate of drug-likeness (QED) is 0.899. The van der Waals surface area contributed by atoms with Crippen molar-refractivity contribution >= 4 is 35.0 Å². The van der Waals surface area contributed by atoms with E-state index in [2.05, 4.69) is 17.1 Å². The van der Waals surface area contributed by atoms with Crippen molar-refractivity contribution in [3.05, 3.63) is 33.8 Å². The van der Waals surface area contributed by atoms with Gasteiger partial charge in [0, 0.05) is 21.3 Å². The highest BCUT2D eigenvalue weighted by Crippen LogP contribution is 2.31. The van der Waals surface area contributed by atoms with E-state index in [1.54, 1.807) is 0 Å². The summed E-state index contributed by atoms with van der Waals surface area (Å²) in [7, 11) is 2.03. The molecule has 0 radical (unpaired) electrons. The van der Waals surface area contributed by atoms with Crippen LogP contribution in [0.1, 0.15) is 18.4 Å². The highest BCUT2D eigenvalue weighted by atomic mass is 35.5. The van der Waals surface area contributed by atoms with Crippen LogP contribution in [0.25, 0.3) is 0 Å². The summed E-state index contributed by atoms with van der Waals surface area (Å²) in [4.78, 5) is 0. The smallest absolute Gasteiger partial charge is 0.0439 e. The third-order valence-corrected chi connectivity index (χ3v) is 5.35. The molecule has 2 rings (SSSR count). The van der Waals surface area contributed by atoms with Crippen LogP contribution in [0.2, 0.25) is 10.0 Å². The molecule has 1 fully saturated rings. The summed E-state index contributed by atoms with van der Waals surface area (Å²) >= 11 is 14.3. The zero-order chi connectivity index (χ0) is 12.3. The molecule has 1 aromatic carbocycles. The Morgan fingerprint density at radius 3 is 2.94 bits per heavy atom. The average molecular weight is 290 g/mol. The zero-order valence-electron chi connectivity index (χ0n) is 9.88. The first-order valence-electron chi connectivity index (χ1n) is 5.93. The molecule has 1 heterocycles. The van der Waals surface area contributed by atoms with Gasteiger partial charge in [0.05, 0.1) is 0 Å². The molecule has 1 aliphatic rings. The van der Waals surface area contributed by atoms with E-state index < -0.39 is 0 Å². The van der Waals surface area contributed by atoms with Gasteiger partial charge in [0.2, 0.25) is 0 Å². The van der Waals surface area contributed by atoms with E-state index in [9.17, 15) is 0 Å². The van der Waals surface area contributed by atoms with Crippen molar-refractivity contribution in [3.8, 4) is 0 Å². The van der Waals surface area contributed by atoms with Crippen molar-refractivity contribution in [2.24, 2.45) is 0 Å². The number of rotatable bonds is 4. The zero-order valence-corrected chi connectivity index (χ0v) is 12.2. The SMILES string of the molecule is CNC(Cc1cc(Cl)ccc1Cl)C1CCCS1. The number of nitrogens with one attached hydrogen (secondary N) is 1. The van der Waals surface area contributed by atoms with Gasteiger partial charge in [0.1, 0.15) is 0 Å². The van der Waals surface area contributed by atoms with Gasteiger partial charge in [0.15, 0.2) is 0 Å². The molecule has 1 saturated heterocycles. The molecule has 4 heteroatoms. The van der Waals surface area contributed by atoms with Gasteiger partial charge in [-0.25, -0.2) is 0 Å². The summed E-state index contributed by atoms with van der Waals surface area (Å²) < 4.78 is 0. The lowest BCUT2D eigenvalue weighted by Gasteiger charge is -2.23. The molecule has 2 unspecified atom stereocenters. The standard InChI is InChI=1S/C13H17Cl2NS/c1-16-12(13-3-2-6-17-13)8-9-7-10(14)4-5-11(9)15/h4-5,7,12-13,16H,2-3,6,8H2,1H3. The Balaban J connectivity index is 2.09. The Bertz CT molecular complexity index is 378. The second-order valence-corrected chi connectivity index (χ2v) is 6.58. The van der Waals surface area contributed by atoms with Crippen LogP contribution in [0.3, 0.4) is 0 Å². The molecule has 1 aliphatic heterocycles. The molecule has 0 amide bonds. The summed E-state index contributed by atoms with van der Waals surface area (Å²) in [5, 5.41) is 5.70. The third-order valence-electron chi connectivity index (χ3n) is 3.23. The van der Waals surface area contributed by atoms with Crippen molar-refractivity contribution in [2.75, 3.05) is 12.8 Å². The monoisotopic (exact) mass is 289 g/mol. The van der Waals surface area contributed by atoms with Gasteiger partial charge in [-0.1, -0.05) is 23.2 Å². The topological polar surface area (TPSA) is 12.0 Å². The molecule has 2 atom stereocenters. The molecular formula is C13H17Cl2NS. The van der Waals surface area contributed by atoms with Crippen LogP contribution in [0.5, 0.6) is 0 Å². The molecule has 0 saturated carbocycles. The maximum atomic E-state index is 6.21. The van der Waals surface area contributed by atoms with E-state index in [1.807, 2.05) is 25.2 Å². The number of halogens is 2. The van der Waals surface area contributed by atoms with Gasteiger partial charge < -0.3 is 5.32 Å². The molecule has 1 nitrogen and oxygen atoms in total. The van der Waals surface area contributed by atoms with Crippen LogP contribution in [-0.4, -0.2) is 24.1 Å². The number of likely N-dealkylation sites (N-methyl/N-ethyl adjacent to an activating group) is 1. The third kappa shape index (κ3) is 3.54. The molecule has 1 aromatic rings. The molecule has 0 spiro atoms. The lowest BCUT2D eigenvalue weighted by Crippen LogP contribution is -2.36. The highest BCUT2D eigenvalue weighted by Gasteiger charge is 2.25. The van der Waals surface area contributed by atoms with Crippen LogP contribution in [-0.2, 0) is 6.42 Å². The van der Waals surface area contributed by atoms with Crippen LogP contribution in [0, 0.1) is 0 Å². The first-order valence-corrected chi connectivity index (χ1v) is 7.74. The summed E-state index contributed by atoms with van der Waals surface area (Å²) in [6.45, 7) is 0. The molecule has 17 heavy (non-hydrogen) atoms. The maximum Gasteiger partial charge on any atom is 0.0439 e. The van der Waals surface area contributed by atoms with Crippen molar-refractivity contribution in [1.82, 2.24) is 5.32 Å². The molecular weight excluding hydrogens is 273 g/mol. The fourth-order valence-electron chi connectivity index (χ4n) is 2.28. The van der Waals surface area contributed by atoms with Crippen molar-refractivity contribution in [2.45, 2.75) is 30.6 Å². The predicted octanol–water partition coefficient (Wildman–Crippen LogP) is 4.02. The van der Waals surface area contributed by atoms with Gasteiger partial charge in [0.25, 0.3) is 0 Å². The Hall–Kier alpha value is 0.110. The van der Waals surface area contributed by atoms with Gasteiger partial charge in [-0.2, -0.15) is 11.8 Å². The van der Waals surface area contributed by atoms with Gasteiger partial charge in [-0.05, 0) is 55.8 Å². The number of benzene rings is 1. The Morgan fingerprint density at radius 2 is 2.29 bits per heavy atom.